The molecule has 0 bridgehead atoms. The van der Waals surface area contributed by atoms with Crippen molar-refractivity contribution < 1.29 is 17.5 Å². The molecule has 6 N–H and O–H groups in total. The number of nitrogens with zero attached hydrogens (tertiary/aromatic N) is 2. The van der Waals surface area contributed by atoms with Gasteiger partial charge in [0.05, 0.1) is 0 Å². The van der Waals surface area contributed by atoms with Crippen LogP contribution >= 0.6 is 11.8 Å². The zero-order chi connectivity index (χ0) is 11.9. The van der Waals surface area contributed by atoms with E-state index in [1.807, 2.05) is 16.8 Å². The highest BCUT2D eigenvalue weighted by atomic mass is 32.3. The third kappa shape index (κ3) is 13.3. The van der Waals surface area contributed by atoms with Gasteiger partial charge in [0, 0.05) is 24.6 Å². The van der Waals surface area contributed by atoms with Gasteiger partial charge in [-0.25, -0.2) is 0 Å². The Kier molecular flexibility index (Phi) is 6.40. The number of hydrazone groups is 1. The summed E-state index contributed by atoms with van der Waals surface area (Å²) in [5.74, 6) is 2.40. The number of nitrogens with two attached hydrogens (primary N) is 2. The van der Waals surface area contributed by atoms with Gasteiger partial charge in [-0.2, -0.15) is 20.2 Å². The van der Waals surface area contributed by atoms with Crippen LogP contribution in [0.3, 0.4) is 0 Å². The second-order valence-corrected chi connectivity index (χ2v) is 4.66. The Morgan fingerprint density at radius 1 is 1.27 bits per heavy atom. The van der Waals surface area contributed by atoms with Crippen LogP contribution in [0.5, 0.6) is 0 Å². The second kappa shape index (κ2) is 6.71. The van der Waals surface area contributed by atoms with Crippen molar-refractivity contribution in [1.82, 2.24) is 5.01 Å². The molecule has 1 aliphatic rings. The van der Waals surface area contributed by atoms with E-state index in [-0.39, 0.29) is 5.96 Å². The van der Waals surface area contributed by atoms with E-state index in [2.05, 4.69) is 5.10 Å². The Morgan fingerprint density at radius 2 is 1.67 bits per heavy atom. The van der Waals surface area contributed by atoms with Crippen LogP contribution < -0.4 is 11.5 Å². The van der Waals surface area contributed by atoms with Gasteiger partial charge in [-0.05, 0) is 0 Å². The molecule has 0 saturated carbocycles. The summed E-state index contributed by atoms with van der Waals surface area (Å²) in [4.78, 5) is 0. The molecule has 90 valence electrons. The van der Waals surface area contributed by atoms with Gasteiger partial charge in [0.15, 0.2) is 0 Å². The van der Waals surface area contributed by atoms with Crippen molar-refractivity contribution in [2.75, 3.05) is 24.6 Å². The number of thioether (sulfide) groups is 1. The van der Waals surface area contributed by atoms with Crippen LogP contribution in [0.15, 0.2) is 5.10 Å². The van der Waals surface area contributed by atoms with Crippen molar-refractivity contribution >= 4 is 28.1 Å². The first-order valence-corrected chi connectivity index (χ1v) is 6.46. The molecule has 10 heteroatoms. The fourth-order valence-corrected chi connectivity index (χ4v) is 1.70. The van der Waals surface area contributed by atoms with E-state index in [4.69, 9.17) is 29.0 Å². The number of hydrogen-bond acceptors (Lipinski definition) is 5. The lowest BCUT2D eigenvalue weighted by molar-refractivity contribution is 0.319. The molecule has 1 heterocycles. The van der Waals surface area contributed by atoms with E-state index in [9.17, 15) is 0 Å². The highest BCUT2D eigenvalue weighted by Crippen LogP contribution is 2.08. The quantitative estimate of drug-likeness (QED) is 0.255. The summed E-state index contributed by atoms with van der Waals surface area (Å²) in [6.07, 6.45) is 0. The van der Waals surface area contributed by atoms with Crippen LogP contribution in [-0.4, -0.2) is 53.1 Å². The van der Waals surface area contributed by atoms with Gasteiger partial charge in [0.25, 0.3) is 0 Å². The van der Waals surface area contributed by atoms with Crippen LogP contribution in [0.4, 0.5) is 0 Å². The monoisotopic (exact) mass is 258 g/mol. The average molecular weight is 258 g/mol. The smallest absolute Gasteiger partial charge is 0.369 e. The molecule has 1 rings (SSSR count). The molecule has 0 unspecified atom stereocenters. The summed E-state index contributed by atoms with van der Waals surface area (Å²) in [6, 6.07) is 0. The predicted molar refractivity (Wildman–Crippen MR) is 58.9 cm³/mol. The maximum absolute atomic E-state index is 8.74. The molecule has 0 aliphatic carbocycles. The van der Waals surface area contributed by atoms with E-state index in [0.29, 0.717) is 0 Å². The third-order valence-electron chi connectivity index (χ3n) is 1.24. The molecule has 0 atom stereocenters. The number of hydrogen-bond donors (Lipinski definition) is 4. The van der Waals surface area contributed by atoms with Crippen molar-refractivity contribution in [1.29, 1.82) is 0 Å². The third-order valence-corrected chi connectivity index (χ3v) is 2.19. The largest absolute Gasteiger partial charge is 0.394 e. The van der Waals surface area contributed by atoms with E-state index < -0.39 is 10.4 Å². The lowest BCUT2D eigenvalue weighted by Crippen LogP contribution is -2.33. The Labute approximate surface area is 92.3 Å². The van der Waals surface area contributed by atoms with Gasteiger partial charge >= 0.3 is 10.4 Å². The predicted octanol–water partition coefficient (Wildman–Crippen LogP) is -1.43. The lowest BCUT2D eigenvalue weighted by atomic mass is 10.6. The normalized spacial score (nSPS) is 16.3. The minimum atomic E-state index is -4.67. The molecule has 0 aromatic heterocycles. The number of rotatable bonds is 1. The molecule has 0 radical (unpaired) electrons. The zero-order valence-corrected chi connectivity index (χ0v) is 9.54. The first-order chi connectivity index (χ1) is 6.79. The summed E-state index contributed by atoms with van der Waals surface area (Å²) >= 11 is 1.93. The lowest BCUT2D eigenvalue weighted by Gasteiger charge is -2.22. The van der Waals surface area contributed by atoms with Gasteiger partial charge in [-0.3, -0.25) is 14.1 Å². The Balaban J connectivity index is 0.000000336. The van der Waals surface area contributed by atoms with Gasteiger partial charge in [-0.15, -0.1) is 5.10 Å². The van der Waals surface area contributed by atoms with Gasteiger partial charge in [0.2, 0.25) is 5.96 Å². The highest BCUT2D eigenvalue weighted by Gasteiger charge is 2.06. The molecule has 15 heavy (non-hydrogen) atoms. The van der Waals surface area contributed by atoms with Gasteiger partial charge in [-0.1, -0.05) is 0 Å². The molecular formula is C5H14N4O4S2. The van der Waals surface area contributed by atoms with Crippen molar-refractivity contribution in [3.63, 3.8) is 0 Å². The maximum atomic E-state index is 8.74. The fourth-order valence-electron chi connectivity index (χ4n) is 0.817. The fraction of sp³-hybridized carbons (Fsp3) is 0.800. The zero-order valence-electron chi connectivity index (χ0n) is 7.90. The van der Waals surface area contributed by atoms with E-state index >= 15 is 0 Å². The minimum absolute atomic E-state index is 0.159. The minimum Gasteiger partial charge on any atom is -0.369 e. The Morgan fingerprint density at radius 3 is 2.00 bits per heavy atom. The van der Waals surface area contributed by atoms with Crippen molar-refractivity contribution in [3.8, 4) is 0 Å². The van der Waals surface area contributed by atoms with Crippen LogP contribution in [0.2, 0.25) is 0 Å². The molecule has 0 spiro atoms. The highest BCUT2D eigenvalue weighted by molar-refractivity contribution is 7.99. The van der Waals surface area contributed by atoms with Crippen molar-refractivity contribution in [2.24, 2.45) is 16.6 Å². The Hall–Kier alpha value is -0.710. The second-order valence-electron chi connectivity index (χ2n) is 2.54. The van der Waals surface area contributed by atoms with Crippen molar-refractivity contribution in [2.45, 2.75) is 0 Å². The van der Waals surface area contributed by atoms with Crippen LogP contribution in [0.25, 0.3) is 0 Å². The topological polar surface area (TPSA) is 142 Å². The number of guanidine groups is 1. The van der Waals surface area contributed by atoms with E-state index in [1.54, 1.807) is 0 Å². The molecule has 1 fully saturated rings. The Bertz CT molecular complexity index is 286. The molecule has 1 saturated heterocycles. The summed E-state index contributed by atoms with van der Waals surface area (Å²) in [5, 5.41) is 5.84. The molecule has 0 aromatic rings. The standard InChI is InChI=1S/C5H12N4S.H2O4S/c6-5(7)8-9-1-3-10-4-2-9;1-5(2,3)4/h1-4H2,(H4,6,7,8);(H2,1,2,3,4). The van der Waals surface area contributed by atoms with Gasteiger partial charge in [0.1, 0.15) is 0 Å². The first-order valence-electron chi connectivity index (χ1n) is 3.91. The van der Waals surface area contributed by atoms with E-state index in [0.717, 1.165) is 24.6 Å². The molecule has 1 aliphatic heterocycles. The maximum Gasteiger partial charge on any atom is 0.394 e. The molecular weight excluding hydrogens is 244 g/mol. The van der Waals surface area contributed by atoms with Crippen LogP contribution in [0, 0.1) is 0 Å². The molecule has 0 aromatic carbocycles. The van der Waals surface area contributed by atoms with Crippen LogP contribution in [0.1, 0.15) is 0 Å². The molecule has 8 nitrogen and oxygen atoms in total. The summed E-state index contributed by atoms with van der Waals surface area (Å²) < 4.78 is 31.6. The SMILES string of the molecule is NC(N)=NN1CCSCC1.O=S(=O)(O)O. The molecule has 0 amide bonds. The summed E-state index contributed by atoms with van der Waals surface area (Å²) in [7, 11) is -4.67. The summed E-state index contributed by atoms with van der Waals surface area (Å²) in [6.45, 7) is 1.92. The van der Waals surface area contributed by atoms with Gasteiger partial charge < -0.3 is 11.5 Å². The average Bonchev–Trinajstić information content (AvgIpc) is 2.01. The van der Waals surface area contributed by atoms with Crippen molar-refractivity contribution in [3.05, 3.63) is 0 Å². The van der Waals surface area contributed by atoms with Crippen LogP contribution in [-0.2, 0) is 10.4 Å². The first kappa shape index (κ1) is 14.3. The summed E-state index contributed by atoms with van der Waals surface area (Å²) in [5.41, 5.74) is 10.4. The van der Waals surface area contributed by atoms with E-state index in [1.165, 1.54) is 0 Å².